The first-order chi connectivity index (χ1) is 11.3. The van der Waals surface area contributed by atoms with E-state index in [-0.39, 0.29) is 17.5 Å². The van der Waals surface area contributed by atoms with Gasteiger partial charge in [-0.3, -0.25) is 20.2 Å². The molecule has 3 amide bonds. The number of hydrogen-bond acceptors (Lipinski definition) is 7. The molecule has 24 heavy (non-hydrogen) atoms. The number of nitrogens with one attached hydrogen (secondary N) is 2. The number of ether oxygens (including phenoxy) is 2. The molecule has 10 nitrogen and oxygen atoms in total. The van der Waals surface area contributed by atoms with Crippen LogP contribution in [0.3, 0.4) is 0 Å². The van der Waals surface area contributed by atoms with Gasteiger partial charge in [0.05, 0.1) is 4.92 Å². The van der Waals surface area contributed by atoms with E-state index in [0.29, 0.717) is 0 Å². The van der Waals surface area contributed by atoms with Crippen molar-refractivity contribution in [3.05, 3.63) is 34.4 Å². The van der Waals surface area contributed by atoms with E-state index < -0.39 is 36.0 Å². The van der Waals surface area contributed by atoms with Crippen molar-refractivity contribution < 1.29 is 28.8 Å². The summed E-state index contributed by atoms with van der Waals surface area (Å²) in [5.41, 5.74) is -0.110. The van der Waals surface area contributed by atoms with E-state index in [2.05, 4.69) is 10.1 Å². The number of nitro groups is 1. The van der Waals surface area contributed by atoms with Gasteiger partial charge in [0.2, 0.25) is 0 Å². The van der Waals surface area contributed by atoms with Crippen molar-refractivity contribution in [2.24, 2.45) is 0 Å². The van der Waals surface area contributed by atoms with Crippen LogP contribution in [0.25, 0.3) is 0 Å². The zero-order valence-corrected chi connectivity index (χ0v) is 13.1. The van der Waals surface area contributed by atoms with Crippen LogP contribution in [0.2, 0.25) is 0 Å². The highest BCUT2D eigenvalue weighted by atomic mass is 16.6. The van der Waals surface area contributed by atoms with E-state index in [1.54, 1.807) is 13.8 Å². The van der Waals surface area contributed by atoms with Gasteiger partial charge in [0.1, 0.15) is 5.75 Å². The molecule has 0 saturated heterocycles. The molecule has 0 aliphatic carbocycles. The third-order valence-electron chi connectivity index (χ3n) is 2.44. The van der Waals surface area contributed by atoms with E-state index >= 15 is 0 Å². The van der Waals surface area contributed by atoms with Crippen molar-refractivity contribution >= 4 is 23.6 Å². The van der Waals surface area contributed by atoms with Crippen LogP contribution < -0.4 is 15.4 Å². The largest absolute Gasteiger partial charge is 0.482 e. The minimum absolute atomic E-state index is 0.110. The van der Waals surface area contributed by atoms with Crippen molar-refractivity contribution in [2.75, 3.05) is 13.2 Å². The molecule has 0 heterocycles. The highest BCUT2D eigenvalue weighted by Crippen LogP contribution is 2.17. The quantitative estimate of drug-likeness (QED) is 0.425. The number of hydrogen-bond donors (Lipinski definition) is 2. The van der Waals surface area contributed by atoms with Crippen LogP contribution in [-0.2, 0) is 14.3 Å². The van der Waals surface area contributed by atoms with Gasteiger partial charge < -0.3 is 14.8 Å². The molecule has 0 radical (unpaired) electrons. The predicted octanol–water partition coefficient (Wildman–Crippen LogP) is 0.751. The molecule has 1 aromatic carbocycles. The van der Waals surface area contributed by atoms with Crippen molar-refractivity contribution in [3.63, 3.8) is 0 Å². The van der Waals surface area contributed by atoms with Gasteiger partial charge in [-0.25, -0.2) is 9.59 Å². The fourth-order valence-corrected chi connectivity index (χ4v) is 1.46. The number of carbonyl (C=O) groups is 3. The zero-order valence-electron chi connectivity index (χ0n) is 13.1. The Morgan fingerprint density at radius 2 is 1.79 bits per heavy atom. The molecule has 0 atom stereocenters. The molecule has 0 bridgehead atoms. The van der Waals surface area contributed by atoms with E-state index in [1.165, 1.54) is 24.3 Å². The normalized spacial score (nSPS) is 9.96. The van der Waals surface area contributed by atoms with Gasteiger partial charge in [-0.15, -0.1) is 0 Å². The molecule has 0 aromatic heterocycles. The van der Waals surface area contributed by atoms with Crippen LogP contribution >= 0.6 is 0 Å². The monoisotopic (exact) mass is 339 g/mol. The third kappa shape index (κ3) is 7.20. The molecule has 0 unspecified atom stereocenters. The Morgan fingerprint density at radius 3 is 2.33 bits per heavy atom. The minimum atomic E-state index is -0.826. The van der Waals surface area contributed by atoms with Gasteiger partial charge in [-0.05, 0) is 26.0 Å². The summed E-state index contributed by atoms with van der Waals surface area (Å²) in [4.78, 5) is 43.9. The van der Waals surface area contributed by atoms with Crippen LogP contribution in [0.1, 0.15) is 13.8 Å². The number of rotatable bonds is 7. The Kier molecular flexibility index (Phi) is 7.14. The standard InChI is InChI=1S/C14H17N3O7/c1-9(2)15-14(20)16-12(18)7-24-13(19)8-23-11-5-3-10(4-6-11)17(21)22/h3-6,9H,7-8H2,1-2H3,(H2,15,16,18,20). The fraction of sp³-hybridized carbons (Fsp3) is 0.357. The number of nitro benzene ring substituents is 1. The van der Waals surface area contributed by atoms with Gasteiger partial charge in [-0.2, -0.15) is 0 Å². The molecule has 0 saturated carbocycles. The van der Waals surface area contributed by atoms with Crippen molar-refractivity contribution in [3.8, 4) is 5.75 Å². The number of carbonyl (C=O) groups excluding carboxylic acids is 3. The summed E-state index contributed by atoms with van der Waals surface area (Å²) in [6, 6.07) is 4.27. The van der Waals surface area contributed by atoms with Crippen LogP contribution in [-0.4, -0.2) is 42.1 Å². The number of benzene rings is 1. The van der Waals surface area contributed by atoms with Gasteiger partial charge >= 0.3 is 12.0 Å². The molecule has 0 fully saturated rings. The van der Waals surface area contributed by atoms with Crippen molar-refractivity contribution in [1.82, 2.24) is 10.6 Å². The maximum atomic E-state index is 11.4. The SMILES string of the molecule is CC(C)NC(=O)NC(=O)COC(=O)COc1ccc([N+](=O)[O-])cc1. The van der Waals surface area contributed by atoms with E-state index in [4.69, 9.17) is 4.74 Å². The number of non-ortho nitro benzene ring substituents is 1. The van der Waals surface area contributed by atoms with Gasteiger partial charge in [0.15, 0.2) is 13.2 Å². The Bertz CT molecular complexity index is 613. The average molecular weight is 339 g/mol. The van der Waals surface area contributed by atoms with Gasteiger partial charge in [-0.1, -0.05) is 0 Å². The smallest absolute Gasteiger partial charge is 0.344 e. The lowest BCUT2D eigenvalue weighted by molar-refractivity contribution is -0.384. The molecule has 2 N–H and O–H groups in total. The second kappa shape index (κ2) is 9.08. The van der Waals surface area contributed by atoms with E-state index in [1.807, 2.05) is 5.32 Å². The Morgan fingerprint density at radius 1 is 1.17 bits per heavy atom. The molecule has 1 aromatic rings. The molecule has 0 spiro atoms. The second-order valence-corrected chi connectivity index (χ2v) is 4.88. The fourth-order valence-electron chi connectivity index (χ4n) is 1.46. The Hall–Kier alpha value is -3.17. The van der Waals surface area contributed by atoms with Crippen LogP contribution in [0.15, 0.2) is 24.3 Å². The molecule has 10 heteroatoms. The molecular formula is C14H17N3O7. The first-order valence-corrected chi connectivity index (χ1v) is 6.91. The maximum Gasteiger partial charge on any atom is 0.344 e. The first kappa shape index (κ1) is 18.9. The number of esters is 1. The van der Waals surface area contributed by atoms with Gasteiger partial charge in [0.25, 0.3) is 11.6 Å². The Balaban J connectivity index is 2.30. The summed E-state index contributed by atoms with van der Waals surface area (Å²) in [5.74, 6) is -1.37. The molecule has 1 rings (SSSR count). The van der Waals surface area contributed by atoms with Crippen molar-refractivity contribution in [1.29, 1.82) is 0 Å². The summed E-state index contributed by atoms with van der Waals surface area (Å²) in [5, 5.41) is 14.9. The molecule has 0 aliphatic rings. The average Bonchev–Trinajstić information content (AvgIpc) is 2.50. The zero-order chi connectivity index (χ0) is 18.1. The van der Waals surface area contributed by atoms with Gasteiger partial charge in [0, 0.05) is 18.2 Å². The van der Waals surface area contributed by atoms with Crippen LogP contribution in [0, 0.1) is 10.1 Å². The van der Waals surface area contributed by atoms with Crippen LogP contribution in [0.4, 0.5) is 10.5 Å². The Labute approximate surface area is 137 Å². The number of nitrogens with zero attached hydrogens (tertiary/aromatic N) is 1. The summed E-state index contributed by atoms with van der Waals surface area (Å²) in [6.07, 6.45) is 0. The summed E-state index contributed by atoms with van der Waals surface area (Å²) in [6.45, 7) is 2.33. The highest BCUT2D eigenvalue weighted by Gasteiger charge is 2.12. The number of imide groups is 1. The first-order valence-electron chi connectivity index (χ1n) is 6.91. The number of urea groups is 1. The number of amides is 3. The van der Waals surface area contributed by atoms with E-state index in [0.717, 1.165) is 0 Å². The lowest BCUT2D eigenvalue weighted by Crippen LogP contribution is -2.44. The maximum absolute atomic E-state index is 11.4. The van der Waals surface area contributed by atoms with E-state index in [9.17, 15) is 24.5 Å². The summed E-state index contributed by atoms with van der Waals surface area (Å²) in [7, 11) is 0. The molecule has 130 valence electrons. The lowest BCUT2D eigenvalue weighted by Gasteiger charge is -2.09. The topological polar surface area (TPSA) is 137 Å². The predicted molar refractivity (Wildman–Crippen MR) is 81.4 cm³/mol. The second-order valence-electron chi connectivity index (χ2n) is 4.88. The summed E-state index contributed by atoms with van der Waals surface area (Å²) < 4.78 is 9.69. The molecule has 0 aliphatic heterocycles. The van der Waals surface area contributed by atoms with Crippen LogP contribution in [0.5, 0.6) is 5.75 Å². The van der Waals surface area contributed by atoms with Crippen molar-refractivity contribution in [2.45, 2.75) is 19.9 Å². The summed E-state index contributed by atoms with van der Waals surface area (Å²) >= 11 is 0. The highest BCUT2D eigenvalue weighted by molar-refractivity contribution is 5.95. The molecular weight excluding hydrogens is 322 g/mol. The lowest BCUT2D eigenvalue weighted by atomic mass is 10.3. The minimum Gasteiger partial charge on any atom is -0.482 e. The third-order valence-corrected chi connectivity index (χ3v) is 2.44.